The van der Waals surface area contributed by atoms with E-state index >= 15 is 0 Å². The van der Waals surface area contributed by atoms with Crippen molar-refractivity contribution < 1.29 is 4.42 Å². The van der Waals surface area contributed by atoms with Gasteiger partial charge in [-0.1, -0.05) is 43.1 Å². The predicted octanol–water partition coefficient (Wildman–Crippen LogP) is 3.54. The lowest BCUT2D eigenvalue weighted by Gasteiger charge is -2.03. The van der Waals surface area contributed by atoms with Crippen LogP contribution in [0.3, 0.4) is 0 Å². The fraction of sp³-hybridized carbons (Fsp3) is 0.333. The van der Waals surface area contributed by atoms with Crippen molar-refractivity contribution in [1.29, 1.82) is 0 Å². The highest BCUT2D eigenvalue weighted by molar-refractivity contribution is 6.43. The second-order valence-corrected chi connectivity index (χ2v) is 4.92. The molecule has 0 fully saturated rings. The molecule has 0 atom stereocenters. The molecule has 1 aromatic heterocycles. The van der Waals surface area contributed by atoms with Gasteiger partial charge in [0, 0.05) is 6.04 Å². The number of hydrogen-bond donors (Lipinski definition) is 1. The van der Waals surface area contributed by atoms with Crippen molar-refractivity contribution in [2.75, 3.05) is 0 Å². The Morgan fingerprint density at radius 1 is 1.28 bits per heavy atom. The molecule has 2 rings (SSSR count). The Kier molecular flexibility index (Phi) is 4.22. The molecular formula is C12H13Cl2N3O. The van der Waals surface area contributed by atoms with Crippen molar-refractivity contribution in [3.05, 3.63) is 34.1 Å². The highest BCUT2D eigenvalue weighted by atomic mass is 35.5. The van der Waals surface area contributed by atoms with E-state index in [0.29, 0.717) is 40.0 Å². The monoisotopic (exact) mass is 285 g/mol. The fourth-order valence-corrected chi connectivity index (χ4v) is 1.78. The molecule has 0 unspecified atom stereocenters. The number of rotatable bonds is 4. The van der Waals surface area contributed by atoms with Gasteiger partial charge in [0.1, 0.15) is 0 Å². The fourth-order valence-electron chi connectivity index (χ4n) is 1.39. The van der Waals surface area contributed by atoms with Crippen LogP contribution in [0.2, 0.25) is 10.0 Å². The highest BCUT2D eigenvalue weighted by Gasteiger charge is 2.13. The molecule has 0 aliphatic rings. The normalized spacial score (nSPS) is 11.2. The first kappa shape index (κ1) is 13.3. The molecule has 0 radical (unpaired) electrons. The summed E-state index contributed by atoms with van der Waals surface area (Å²) in [5.74, 6) is 0.901. The summed E-state index contributed by atoms with van der Waals surface area (Å²) in [6, 6.07) is 5.65. The first-order chi connectivity index (χ1) is 8.58. The lowest BCUT2D eigenvalue weighted by molar-refractivity contribution is 0.459. The Balaban J connectivity index is 2.21. The summed E-state index contributed by atoms with van der Waals surface area (Å²) in [6.07, 6.45) is 0. The molecular weight excluding hydrogens is 273 g/mol. The van der Waals surface area contributed by atoms with Crippen molar-refractivity contribution in [1.82, 2.24) is 15.5 Å². The Labute approximate surface area is 115 Å². The van der Waals surface area contributed by atoms with Gasteiger partial charge in [0.2, 0.25) is 11.8 Å². The Morgan fingerprint density at radius 2 is 2.06 bits per heavy atom. The molecule has 0 amide bonds. The Hall–Kier alpha value is -1.10. The van der Waals surface area contributed by atoms with E-state index in [1.54, 1.807) is 18.2 Å². The molecule has 1 heterocycles. The SMILES string of the molecule is CC(C)NCc1nnc(-c2cccc(Cl)c2Cl)o1. The van der Waals surface area contributed by atoms with Crippen LogP contribution in [0.25, 0.3) is 11.5 Å². The van der Waals surface area contributed by atoms with Gasteiger partial charge in [-0.15, -0.1) is 10.2 Å². The number of benzene rings is 1. The van der Waals surface area contributed by atoms with Crippen LogP contribution in [-0.2, 0) is 6.54 Å². The molecule has 0 aliphatic heterocycles. The van der Waals surface area contributed by atoms with Crippen LogP contribution in [0.1, 0.15) is 19.7 Å². The van der Waals surface area contributed by atoms with Crippen LogP contribution in [0.5, 0.6) is 0 Å². The van der Waals surface area contributed by atoms with Gasteiger partial charge in [-0.3, -0.25) is 0 Å². The third-order valence-electron chi connectivity index (χ3n) is 2.31. The number of halogens is 2. The van der Waals surface area contributed by atoms with Crippen molar-refractivity contribution in [2.45, 2.75) is 26.4 Å². The van der Waals surface area contributed by atoms with E-state index in [2.05, 4.69) is 15.5 Å². The van der Waals surface area contributed by atoms with Crippen molar-refractivity contribution in [2.24, 2.45) is 0 Å². The topological polar surface area (TPSA) is 51.0 Å². The standard InChI is InChI=1S/C12H13Cl2N3O/c1-7(2)15-6-10-16-17-12(18-10)8-4-3-5-9(13)11(8)14/h3-5,7,15H,6H2,1-2H3. The molecule has 0 aliphatic carbocycles. The van der Waals surface area contributed by atoms with E-state index in [-0.39, 0.29) is 0 Å². The number of nitrogens with one attached hydrogen (secondary N) is 1. The van der Waals surface area contributed by atoms with Gasteiger partial charge in [-0.2, -0.15) is 0 Å². The van der Waals surface area contributed by atoms with Crippen LogP contribution in [0, 0.1) is 0 Å². The smallest absolute Gasteiger partial charge is 0.249 e. The van der Waals surface area contributed by atoms with Crippen molar-refractivity contribution in [3.63, 3.8) is 0 Å². The maximum atomic E-state index is 6.09. The van der Waals surface area contributed by atoms with Gasteiger partial charge in [-0.05, 0) is 12.1 Å². The third kappa shape index (κ3) is 3.02. The quantitative estimate of drug-likeness (QED) is 0.934. The van der Waals surface area contributed by atoms with E-state index < -0.39 is 0 Å². The maximum absolute atomic E-state index is 6.09. The number of nitrogens with zero attached hydrogens (tertiary/aromatic N) is 2. The summed E-state index contributed by atoms with van der Waals surface area (Å²) >= 11 is 12.0. The summed E-state index contributed by atoms with van der Waals surface area (Å²) < 4.78 is 5.53. The van der Waals surface area contributed by atoms with Gasteiger partial charge in [0.05, 0.1) is 22.2 Å². The summed E-state index contributed by atoms with van der Waals surface area (Å²) in [6.45, 7) is 4.62. The van der Waals surface area contributed by atoms with E-state index in [9.17, 15) is 0 Å². The third-order valence-corrected chi connectivity index (χ3v) is 3.13. The molecule has 18 heavy (non-hydrogen) atoms. The molecule has 1 aromatic carbocycles. The molecule has 0 saturated heterocycles. The lowest BCUT2D eigenvalue weighted by atomic mass is 10.2. The minimum absolute atomic E-state index is 0.357. The van der Waals surface area contributed by atoms with Gasteiger partial charge in [0.25, 0.3) is 0 Å². The van der Waals surface area contributed by atoms with E-state index in [0.717, 1.165) is 0 Å². The summed E-state index contributed by atoms with van der Waals surface area (Å²) in [5.41, 5.74) is 0.646. The molecule has 0 saturated carbocycles. The first-order valence-electron chi connectivity index (χ1n) is 5.58. The van der Waals surface area contributed by atoms with E-state index in [1.807, 2.05) is 13.8 Å². The van der Waals surface area contributed by atoms with Crippen LogP contribution in [0.4, 0.5) is 0 Å². The molecule has 1 N–H and O–H groups in total. The van der Waals surface area contributed by atoms with Gasteiger partial charge in [-0.25, -0.2) is 0 Å². The maximum Gasteiger partial charge on any atom is 0.249 e. The Morgan fingerprint density at radius 3 is 2.78 bits per heavy atom. The minimum atomic E-state index is 0.357. The summed E-state index contributed by atoms with van der Waals surface area (Å²) in [7, 11) is 0. The Bertz CT molecular complexity index is 540. The molecule has 4 nitrogen and oxygen atoms in total. The molecule has 0 spiro atoms. The van der Waals surface area contributed by atoms with Gasteiger partial charge >= 0.3 is 0 Å². The molecule has 96 valence electrons. The minimum Gasteiger partial charge on any atom is -0.419 e. The largest absolute Gasteiger partial charge is 0.419 e. The van der Waals surface area contributed by atoms with Gasteiger partial charge < -0.3 is 9.73 Å². The van der Waals surface area contributed by atoms with Crippen molar-refractivity contribution in [3.8, 4) is 11.5 Å². The average Bonchev–Trinajstić information content (AvgIpc) is 2.78. The second kappa shape index (κ2) is 5.69. The number of aromatic nitrogens is 2. The average molecular weight is 286 g/mol. The van der Waals surface area contributed by atoms with Gasteiger partial charge in [0.15, 0.2) is 0 Å². The zero-order chi connectivity index (χ0) is 13.1. The zero-order valence-corrected chi connectivity index (χ0v) is 11.6. The van der Waals surface area contributed by atoms with Crippen molar-refractivity contribution >= 4 is 23.2 Å². The molecule has 6 heteroatoms. The first-order valence-corrected chi connectivity index (χ1v) is 6.33. The summed E-state index contributed by atoms with van der Waals surface area (Å²) in [4.78, 5) is 0. The highest BCUT2D eigenvalue weighted by Crippen LogP contribution is 2.32. The molecule has 2 aromatic rings. The molecule has 0 bridgehead atoms. The second-order valence-electron chi connectivity index (χ2n) is 4.14. The zero-order valence-electron chi connectivity index (χ0n) is 10.1. The summed E-state index contributed by atoms with van der Waals surface area (Å²) in [5, 5.41) is 12.0. The number of hydrogen-bond acceptors (Lipinski definition) is 4. The van der Waals surface area contributed by atoms with E-state index in [1.165, 1.54) is 0 Å². The van der Waals surface area contributed by atoms with Crippen LogP contribution < -0.4 is 5.32 Å². The predicted molar refractivity (Wildman–Crippen MR) is 71.7 cm³/mol. The van der Waals surface area contributed by atoms with Crippen LogP contribution >= 0.6 is 23.2 Å². The van der Waals surface area contributed by atoms with E-state index in [4.69, 9.17) is 27.6 Å². The lowest BCUT2D eigenvalue weighted by Crippen LogP contribution is -2.21. The van der Waals surface area contributed by atoms with Crippen LogP contribution in [0.15, 0.2) is 22.6 Å². The van der Waals surface area contributed by atoms with Crippen LogP contribution in [-0.4, -0.2) is 16.2 Å².